The van der Waals surface area contributed by atoms with Crippen LogP contribution in [0.15, 0.2) is 0 Å². The third-order valence-corrected chi connectivity index (χ3v) is 0.335. The lowest BCUT2D eigenvalue weighted by atomic mass is 10.9. The molecule has 0 unspecified atom stereocenters. The summed E-state index contributed by atoms with van der Waals surface area (Å²) in [5.74, 6) is -0.833. The maximum atomic E-state index is 9.00. The Morgan fingerprint density at radius 2 is 1.88 bits per heavy atom. The van der Waals surface area contributed by atoms with Crippen LogP contribution in [0.2, 0.25) is 6.04 Å². The number of carboxylic acid groups (broad SMARTS) is 1. The van der Waals surface area contributed by atoms with E-state index in [0.717, 1.165) is 6.92 Å². The van der Waals surface area contributed by atoms with E-state index in [0.29, 0.717) is 6.04 Å². The average Bonchev–Trinajstić information content (AvgIpc) is 1.65. The Kier molecular flexibility index (Phi) is 13.0. The standard InChI is InChI=1S/C2H4O2.C2H5OSi/c1-2(3)4;3-1-2-4/h1H3,(H,3,4);3H,1-2H2. The van der Waals surface area contributed by atoms with E-state index in [2.05, 4.69) is 10.2 Å². The molecule has 4 heteroatoms. The zero-order valence-corrected chi connectivity index (χ0v) is 5.72. The van der Waals surface area contributed by atoms with E-state index in [1.807, 2.05) is 0 Å². The molecule has 0 aromatic rings. The molecule has 47 valence electrons. The van der Waals surface area contributed by atoms with Gasteiger partial charge in [-0.2, -0.15) is 0 Å². The summed E-state index contributed by atoms with van der Waals surface area (Å²) in [4.78, 5) is 9.00. The second-order valence-corrected chi connectivity index (χ2v) is 1.49. The van der Waals surface area contributed by atoms with Gasteiger partial charge in [0, 0.05) is 23.8 Å². The number of aliphatic hydroxyl groups excluding tert-OH is 1. The molecule has 8 heavy (non-hydrogen) atoms. The lowest BCUT2D eigenvalue weighted by Crippen LogP contribution is -1.78. The Bertz CT molecular complexity index is 49.2. The molecule has 0 bridgehead atoms. The van der Waals surface area contributed by atoms with Crippen molar-refractivity contribution in [3.63, 3.8) is 0 Å². The molecule has 2 N–H and O–H groups in total. The van der Waals surface area contributed by atoms with Crippen molar-refractivity contribution in [2.24, 2.45) is 0 Å². The molecule has 0 heterocycles. The van der Waals surface area contributed by atoms with Crippen LogP contribution in [0.1, 0.15) is 6.92 Å². The summed E-state index contributed by atoms with van der Waals surface area (Å²) in [7, 11) is 3.04. The Balaban J connectivity index is 0. The van der Waals surface area contributed by atoms with Crippen molar-refractivity contribution in [2.45, 2.75) is 13.0 Å². The van der Waals surface area contributed by atoms with Crippen LogP contribution in [-0.2, 0) is 4.79 Å². The molecule has 3 radical (unpaired) electrons. The van der Waals surface area contributed by atoms with Gasteiger partial charge in [0.05, 0.1) is 0 Å². The zero-order chi connectivity index (χ0) is 6.99. The Hall–Kier alpha value is -0.353. The van der Waals surface area contributed by atoms with E-state index in [-0.39, 0.29) is 6.61 Å². The van der Waals surface area contributed by atoms with Crippen molar-refractivity contribution in [1.29, 1.82) is 0 Å². The van der Waals surface area contributed by atoms with Gasteiger partial charge in [0.1, 0.15) is 0 Å². The summed E-state index contributed by atoms with van der Waals surface area (Å²) >= 11 is 0. The van der Waals surface area contributed by atoms with E-state index in [1.54, 1.807) is 0 Å². The van der Waals surface area contributed by atoms with Gasteiger partial charge in [-0.15, -0.1) is 0 Å². The second-order valence-electron chi connectivity index (χ2n) is 0.993. The van der Waals surface area contributed by atoms with E-state index >= 15 is 0 Å². The van der Waals surface area contributed by atoms with Gasteiger partial charge in [0.15, 0.2) is 0 Å². The highest BCUT2D eigenvalue weighted by Crippen LogP contribution is 1.56. The predicted octanol–water partition coefficient (Wildman–Crippen LogP) is -0.344. The van der Waals surface area contributed by atoms with Crippen molar-refractivity contribution in [3.8, 4) is 0 Å². The van der Waals surface area contributed by atoms with Crippen molar-refractivity contribution < 1.29 is 15.0 Å². The van der Waals surface area contributed by atoms with Crippen LogP contribution < -0.4 is 0 Å². The predicted molar refractivity (Wildman–Crippen MR) is 31.0 cm³/mol. The molecule has 0 spiro atoms. The Morgan fingerprint density at radius 1 is 1.75 bits per heavy atom. The van der Waals surface area contributed by atoms with Crippen LogP contribution in [0.4, 0.5) is 0 Å². The molecule has 0 aliphatic carbocycles. The first-order chi connectivity index (χ1) is 3.65. The van der Waals surface area contributed by atoms with Gasteiger partial charge in [0.2, 0.25) is 0 Å². The molecule has 0 aliphatic heterocycles. The van der Waals surface area contributed by atoms with E-state index in [9.17, 15) is 0 Å². The maximum Gasteiger partial charge on any atom is 0.300 e. The molecule has 0 saturated carbocycles. The lowest BCUT2D eigenvalue weighted by Gasteiger charge is -1.68. The highest BCUT2D eigenvalue weighted by molar-refractivity contribution is 6.08. The molecule has 0 aliphatic rings. The Labute approximate surface area is 51.8 Å². The normalized spacial score (nSPS) is 6.88. The fourth-order valence-corrected chi connectivity index (χ4v) is 0. The minimum absolute atomic E-state index is 0.233. The van der Waals surface area contributed by atoms with Crippen LogP contribution in [0.25, 0.3) is 0 Å². The van der Waals surface area contributed by atoms with Crippen molar-refractivity contribution in [3.05, 3.63) is 0 Å². The summed E-state index contributed by atoms with van der Waals surface area (Å²) in [6.45, 7) is 1.32. The molecule has 0 aromatic carbocycles. The zero-order valence-electron chi connectivity index (χ0n) is 4.72. The highest BCUT2D eigenvalue weighted by Gasteiger charge is 1.65. The number of rotatable bonds is 1. The van der Waals surface area contributed by atoms with Crippen LogP contribution >= 0.6 is 0 Å². The molecule has 0 fully saturated rings. The van der Waals surface area contributed by atoms with Gasteiger partial charge < -0.3 is 10.2 Å². The van der Waals surface area contributed by atoms with Crippen LogP contribution in [0, 0.1) is 0 Å². The first kappa shape index (κ1) is 10.6. The smallest absolute Gasteiger partial charge is 0.300 e. The number of hydrogen-bond donors (Lipinski definition) is 2. The third-order valence-electron chi connectivity index (χ3n) is 0.112. The van der Waals surface area contributed by atoms with E-state index < -0.39 is 5.97 Å². The lowest BCUT2D eigenvalue weighted by molar-refractivity contribution is -0.134. The number of carbonyl (C=O) groups is 1. The van der Waals surface area contributed by atoms with E-state index in [1.165, 1.54) is 0 Å². The molecular formula is C4H9O3Si. The fraction of sp³-hybridized carbons (Fsp3) is 0.750. The summed E-state index contributed by atoms with van der Waals surface area (Å²) in [6, 6.07) is 0.681. The number of aliphatic hydroxyl groups is 1. The largest absolute Gasteiger partial charge is 0.481 e. The van der Waals surface area contributed by atoms with Gasteiger partial charge in [-0.3, -0.25) is 4.79 Å². The Morgan fingerprint density at radius 3 is 1.88 bits per heavy atom. The molecule has 0 saturated heterocycles. The number of aliphatic carboxylic acids is 1. The maximum absolute atomic E-state index is 9.00. The van der Waals surface area contributed by atoms with Crippen molar-refractivity contribution in [1.82, 2.24) is 0 Å². The average molecular weight is 133 g/mol. The number of carboxylic acids is 1. The molecular weight excluding hydrogens is 124 g/mol. The van der Waals surface area contributed by atoms with Gasteiger partial charge in [-0.05, 0) is 6.04 Å². The topological polar surface area (TPSA) is 57.5 Å². The monoisotopic (exact) mass is 133 g/mol. The van der Waals surface area contributed by atoms with Crippen molar-refractivity contribution in [2.75, 3.05) is 6.61 Å². The first-order valence-corrected chi connectivity index (χ1v) is 2.80. The molecule has 3 nitrogen and oxygen atoms in total. The highest BCUT2D eigenvalue weighted by atomic mass is 28.1. The minimum Gasteiger partial charge on any atom is -0.481 e. The molecule has 0 aromatic heterocycles. The van der Waals surface area contributed by atoms with Crippen molar-refractivity contribution >= 4 is 16.2 Å². The summed E-state index contributed by atoms with van der Waals surface area (Å²) in [5.41, 5.74) is 0. The van der Waals surface area contributed by atoms with Gasteiger partial charge >= 0.3 is 0 Å². The molecule has 0 atom stereocenters. The SMILES string of the molecule is CC(=O)O.OCC[Si]. The van der Waals surface area contributed by atoms with Crippen LogP contribution in [0.5, 0.6) is 0 Å². The summed E-state index contributed by atoms with van der Waals surface area (Å²) < 4.78 is 0. The van der Waals surface area contributed by atoms with Crippen LogP contribution in [0.3, 0.4) is 0 Å². The second kappa shape index (κ2) is 9.82. The van der Waals surface area contributed by atoms with Gasteiger partial charge in [-0.1, -0.05) is 0 Å². The third kappa shape index (κ3) is 291. The summed E-state index contributed by atoms with van der Waals surface area (Å²) in [5, 5.41) is 15.2. The summed E-state index contributed by atoms with van der Waals surface area (Å²) in [6.07, 6.45) is 0. The fourth-order valence-electron chi connectivity index (χ4n) is 0. The number of hydrogen-bond acceptors (Lipinski definition) is 2. The van der Waals surface area contributed by atoms with Gasteiger partial charge in [-0.25, -0.2) is 0 Å². The van der Waals surface area contributed by atoms with Crippen LogP contribution in [-0.4, -0.2) is 33.0 Å². The van der Waals surface area contributed by atoms with E-state index in [4.69, 9.17) is 15.0 Å². The molecule has 0 amide bonds. The first-order valence-electron chi connectivity index (χ1n) is 2.10. The molecule has 0 rings (SSSR count). The van der Waals surface area contributed by atoms with Gasteiger partial charge in [0.25, 0.3) is 5.97 Å². The minimum atomic E-state index is -0.833. The quantitative estimate of drug-likeness (QED) is 0.481.